The number of aromatic nitrogens is 2. The highest BCUT2D eigenvalue weighted by molar-refractivity contribution is 5.91. The van der Waals surface area contributed by atoms with E-state index in [1.54, 1.807) is 6.20 Å². The average molecular weight is 400 g/mol. The zero-order valence-corrected chi connectivity index (χ0v) is 17.4. The van der Waals surface area contributed by atoms with E-state index in [1.807, 2.05) is 10.9 Å². The number of anilines is 1. The maximum Gasteiger partial charge on any atom is 0.225 e. The van der Waals surface area contributed by atoms with Crippen LogP contribution in [0.4, 0.5) is 5.69 Å². The number of carbonyl (C=O) groups excluding carboxylic acids is 1. The molecule has 0 saturated heterocycles. The molecule has 4 fully saturated rings. The summed E-state index contributed by atoms with van der Waals surface area (Å²) in [7, 11) is 0. The zero-order chi connectivity index (χ0) is 20.1. The van der Waals surface area contributed by atoms with Crippen LogP contribution in [0.5, 0.6) is 0 Å². The molecule has 3 aromatic rings. The summed E-state index contributed by atoms with van der Waals surface area (Å²) in [4.78, 5) is 12.9. The number of nitrogens with one attached hydrogen (secondary N) is 1. The van der Waals surface area contributed by atoms with Crippen LogP contribution >= 0.6 is 0 Å². The molecule has 4 aliphatic carbocycles. The van der Waals surface area contributed by atoms with Crippen molar-refractivity contribution in [2.24, 2.45) is 23.2 Å². The third kappa shape index (κ3) is 3.32. The first-order valence-electron chi connectivity index (χ1n) is 11.4. The summed E-state index contributed by atoms with van der Waals surface area (Å²) in [5, 5.41) is 10.1. The van der Waals surface area contributed by atoms with Crippen molar-refractivity contribution in [1.29, 1.82) is 0 Å². The van der Waals surface area contributed by atoms with Gasteiger partial charge in [0.2, 0.25) is 5.91 Å². The monoisotopic (exact) mass is 399 g/mol. The molecule has 30 heavy (non-hydrogen) atoms. The van der Waals surface area contributed by atoms with E-state index in [0.29, 0.717) is 13.0 Å². The predicted molar refractivity (Wildman–Crippen MR) is 119 cm³/mol. The molecule has 0 spiro atoms. The van der Waals surface area contributed by atoms with Gasteiger partial charge < -0.3 is 5.32 Å². The molecule has 4 heteroatoms. The van der Waals surface area contributed by atoms with Gasteiger partial charge in [0.05, 0.1) is 18.4 Å². The maximum absolute atomic E-state index is 12.9. The van der Waals surface area contributed by atoms with E-state index in [4.69, 9.17) is 0 Å². The Labute approximate surface area is 177 Å². The van der Waals surface area contributed by atoms with Crippen LogP contribution < -0.4 is 5.32 Å². The van der Waals surface area contributed by atoms with Gasteiger partial charge >= 0.3 is 0 Å². The number of amides is 1. The first-order valence-corrected chi connectivity index (χ1v) is 11.4. The van der Waals surface area contributed by atoms with E-state index in [2.05, 4.69) is 52.9 Å². The fourth-order valence-corrected chi connectivity index (χ4v) is 7.17. The summed E-state index contributed by atoms with van der Waals surface area (Å²) < 4.78 is 1.92. The fraction of sp³-hybridized carbons (Fsp3) is 0.462. The lowest BCUT2D eigenvalue weighted by Crippen LogP contribution is -2.47. The van der Waals surface area contributed by atoms with Crippen LogP contribution in [0.15, 0.2) is 54.9 Å². The molecule has 1 N–H and O–H groups in total. The highest BCUT2D eigenvalue weighted by Gasteiger charge is 2.51. The van der Waals surface area contributed by atoms with E-state index in [1.165, 1.54) is 54.9 Å². The molecular weight excluding hydrogens is 370 g/mol. The van der Waals surface area contributed by atoms with Gasteiger partial charge in [-0.15, -0.1) is 0 Å². The number of carbonyl (C=O) groups is 1. The smallest absolute Gasteiger partial charge is 0.225 e. The zero-order valence-electron chi connectivity index (χ0n) is 17.4. The molecule has 0 aliphatic heterocycles. The lowest BCUT2D eigenvalue weighted by molar-refractivity contribution is -0.124. The lowest BCUT2D eigenvalue weighted by Gasteiger charge is -2.56. The maximum atomic E-state index is 12.9. The van der Waals surface area contributed by atoms with Gasteiger partial charge in [-0.1, -0.05) is 42.5 Å². The molecule has 4 saturated carbocycles. The van der Waals surface area contributed by atoms with Gasteiger partial charge in [0.25, 0.3) is 0 Å². The van der Waals surface area contributed by atoms with Gasteiger partial charge in [-0.25, -0.2) is 0 Å². The third-order valence-electron chi connectivity index (χ3n) is 7.83. The molecule has 154 valence electrons. The largest absolute Gasteiger partial charge is 0.323 e. The van der Waals surface area contributed by atoms with Crippen molar-refractivity contribution in [2.75, 3.05) is 5.32 Å². The van der Waals surface area contributed by atoms with E-state index < -0.39 is 0 Å². The van der Waals surface area contributed by atoms with Crippen LogP contribution in [0.25, 0.3) is 10.8 Å². The highest BCUT2D eigenvalue weighted by atomic mass is 16.1. The molecule has 1 aromatic heterocycles. The number of rotatable bonds is 5. The Morgan fingerprint density at radius 2 is 1.70 bits per heavy atom. The average Bonchev–Trinajstić information content (AvgIpc) is 3.13. The topological polar surface area (TPSA) is 46.9 Å². The predicted octanol–water partition coefficient (Wildman–Crippen LogP) is 5.63. The minimum absolute atomic E-state index is 0.168. The standard InChI is InChI=1S/C26H29N3O/c30-25(14-26-11-18-8-19(12-26)10-20(9-18)13-26)28-23-15-27-29(17-23)16-22-6-3-5-21-4-1-2-7-24(21)22/h1-7,15,17-20H,8-14,16H2,(H,28,30). The van der Waals surface area contributed by atoms with Gasteiger partial charge in [-0.05, 0) is 78.0 Å². The number of hydrogen-bond acceptors (Lipinski definition) is 2. The minimum atomic E-state index is 0.168. The molecule has 4 bridgehead atoms. The van der Waals surface area contributed by atoms with Crippen molar-refractivity contribution >= 4 is 22.4 Å². The van der Waals surface area contributed by atoms with Gasteiger partial charge in [0, 0.05) is 12.6 Å². The van der Waals surface area contributed by atoms with Crippen molar-refractivity contribution < 1.29 is 4.79 Å². The molecule has 0 radical (unpaired) electrons. The molecule has 1 amide bonds. The second-order valence-electron chi connectivity index (χ2n) is 10.2. The fourth-order valence-electron chi connectivity index (χ4n) is 7.17. The van der Waals surface area contributed by atoms with Crippen LogP contribution in [0.3, 0.4) is 0 Å². The van der Waals surface area contributed by atoms with Crippen molar-refractivity contribution in [3.05, 3.63) is 60.4 Å². The second-order valence-corrected chi connectivity index (χ2v) is 10.2. The van der Waals surface area contributed by atoms with Gasteiger partial charge in [0.15, 0.2) is 0 Å². The lowest BCUT2D eigenvalue weighted by atomic mass is 9.49. The van der Waals surface area contributed by atoms with Gasteiger partial charge in [0.1, 0.15) is 0 Å². The van der Waals surface area contributed by atoms with Crippen LogP contribution in [0.2, 0.25) is 0 Å². The molecule has 1 heterocycles. The van der Waals surface area contributed by atoms with Crippen LogP contribution in [0, 0.1) is 23.2 Å². The Hall–Kier alpha value is -2.62. The first kappa shape index (κ1) is 18.2. The van der Waals surface area contributed by atoms with Crippen molar-refractivity contribution in [1.82, 2.24) is 9.78 Å². The Morgan fingerprint density at radius 1 is 1.00 bits per heavy atom. The number of fused-ring (bicyclic) bond motifs is 1. The molecule has 7 rings (SSSR count). The van der Waals surface area contributed by atoms with Crippen LogP contribution in [-0.4, -0.2) is 15.7 Å². The van der Waals surface area contributed by atoms with Crippen molar-refractivity contribution in [2.45, 2.75) is 51.5 Å². The molecular formula is C26H29N3O. The normalized spacial score (nSPS) is 29.4. The number of hydrogen-bond donors (Lipinski definition) is 1. The summed E-state index contributed by atoms with van der Waals surface area (Å²) in [5.41, 5.74) is 2.32. The Bertz CT molecular complexity index is 1060. The SMILES string of the molecule is O=C(CC12CC3CC(CC(C3)C1)C2)Nc1cnn(Cc2cccc3ccccc23)c1. The number of benzene rings is 2. The molecule has 2 aromatic carbocycles. The Kier molecular flexibility index (Phi) is 4.22. The second kappa shape index (κ2) is 6.97. The first-order chi connectivity index (χ1) is 14.6. The van der Waals surface area contributed by atoms with Crippen LogP contribution in [0.1, 0.15) is 50.5 Å². The number of nitrogens with zero attached hydrogens (tertiary/aromatic N) is 2. The van der Waals surface area contributed by atoms with E-state index in [0.717, 1.165) is 23.4 Å². The summed E-state index contributed by atoms with van der Waals surface area (Å²) in [5.74, 6) is 2.81. The summed E-state index contributed by atoms with van der Waals surface area (Å²) in [6, 6.07) is 14.8. The minimum Gasteiger partial charge on any atom is -0.323 e. The van der Waals surface area contributed by atoms with Crippen LogP contribution in [-0.2, 0) is 11.3 Å². The Balaban J connectivity index is 1.13. The van der Waals surface area contributed by atoms with Gasteiger partial charge in [-0.3, -0.25) is 9.48 Å². The highest BCUT2D eigenvalue weighted by Crippen LogP contribution is 2.61. The summed E-state index contributed by atoms with van der Waals surface area (Å²) in [6.45, 7) is 0.701. The Morgan fingerprint density at radius 3 is 2.47 bits per heavy atom. The van der Waals surface area contributed by atoms with E-state index in [-0.39, 0.29) is 11.3 Å². The summed E-state index contributed by atoms with van der Waals surface area (Å²) >= 11 is 0. The quantitative estimate of drug-likeness (QED) is 0.604. The van der Waals surface area contributed by atoms with Gasteiger partial charge in [-0.2, -0.15) is 5.10 Å². The molecule has 4 nitrogen and oxygen atoms in total. The van der Waals surface area contributed by atoms with E-state index >= 15 is 0 Å². The third-order valence-corrected chi connectivity index (χ3v) is 7.83. The molecule has 0 unspecified atom stereocenters. The molecule has 4 aliphatic rings. The van der Waals surface area contributed by atoms with Crippen molar-refractivity contribution in [3.63, 3.8) is 0 Å². The summed E-state index contributed by atoms with van der Waals surface area (Å²) in [6.07, 6.45) is 12.5. The van der Waals surface area contributed by atoms with Crippen molar-refractivity contribution in [3.8, 4) is 0 Å². The van der Waals surface area contributed by atoms with E-state index in [9.17, 15) is 4.79 Å². The molecule has 0 atom stereocenters.